The minimum Gasteiger partial charge on any atom is -0.478 e. The normalized spacial score (nSPS) is 12.5. The summed E-state index contributed by atoms with van der Waals surface area (Å²) in [5, 5.41) is 18.9. The molecule has 0 radical (unpaired) electrons. The molecule has 0 aliphatic carbocycles. The zero-order chi connectivity index (χ0) is 22.5. The number of hydrogen-bond acceptors (Lipinski definition) is 5. The zero-order valence-corrected chi connectivity index (χ0v) is 17.2. The molecule has 1 heterocycles. The Kier molecular flexibility index (Phi) is 6.36. The first-order chi connectivity index (χ1) is 14.8. The van der Waals surface area contributed by atoms with Crippen molar-refractivity contribution < 1.29 is 19.4 Å². The molecule has 2 atom stereocenters. The van der Waals surface area contributed by atoms with Crippen LogP contribution in [0, 0.1) is 11.3 Å². The highest BCUT2D eigenvalue weighted by Crippen LogP contribution is 2.28. The van der Waals surface area contributed by atoms with Crippen molar-refractivity contribution in [2.45, 2.75) is 25.4 Å². The van der Waals surface area contributed by atoms with Crippen molar-refractivity contribution in [1.82, 2.24) is 9.88 Å². The first-order valence-corrected chi connectivity index (χ1v) is 9.57. The number of nitriles is 1. The number of nitrogens with zero attached hydrogens (tertiary/aromatic N) is 3. The molecule has 0 saturated carbocycles. The summed E-state index contributed by atoms with van der Waals surface area (Å²) in [7, 11) is 1.57. The number of H-pyrrole nitrogens is 1. The molecule has 8 nitrogen and oxygen atoms in total. The molecule has 31 heavy (non-hydrogen) atoms. The Morgan fingerprint density at radius 3 is 2.55 bits per heavy atom. The van der Waals surface area contributed by atoms with Gasteiger partial charge in [0, 0.05) is 30.6 Å². The molecule has 1 aromatic heterocycles. The van der Waals surface area contributed by atoms with Crippen LogP contribution in [-0.2, 0) is 11.2 Å². The SMILES string of the molecule is C=NC(Cc1c[nH]c2ccc(Oc3ccc(C(=O)O)cc3)cc12)C(=O)N(C)C(C)C#N. The van der Waals surface area contributed by atoms with Crippen LogP contribution in [0.2, 0.25) is 0 Å². The number of aromatic nitrogens is 1. The zero-order valence-electron chi connectivity index (χ0n) is 17.2. The maximum Gasteiger partial charge on any atom is 0.335 e. The number of carbonyl (C=O) groups excluding carboxylic acids is 1. The van der Waals surface area contributed by atoms with E-state index in [4.69, 9.17) is 15.1 Å². The summed E-state index contributed by atoms with van der Waals surface area (Å²) in [6.45, 7) is 5.20. The van der Waals surface area contributed by atoms with Crippen LogP contribution in [0.25, 0.3) is 10.9 Å². The third-order valence-electron chi connectivity index (χ3n) is 5.11. The van der Waals surface area contributed by atoms with Crippen molar-refractivity contribution in [2.24, 2.45) is 4.99 Å². The van der Waals surface area contributed by atoms with Crippen molar-refractivity contribution in [3.05, 3.63) is 59.8 Å². The Bertz CT molecular complexity index is 1160. The van der Waals surface area contributed by atoms with Gasteiger partial charge in [-0.1, -0.05) is 0 Å². The van der Waals surface area contributed by atoms with E-state index in [1.807, 2.05) is 24.4 Å². The van der Waals surface area contributed by atoms with Crippen LogP contribution >= 0.6 is 0 Å². The first-order valence-electron chi connectivity index (χ1n) is 9.57. The van der Waals surface area contributed by atoms with Crippen LogP contribution in [0.3, 0.4) is 0 Å². The molecule has 0 bridgehead atoms. The molecule has 2 unspecified atom stereocenters. The van der Waals surface area contributed by atoms with Crippen molar-refractivity contribution in [3.8, 4) is 17.6 Å². The van der Waals surface area contributed by atoms with Crippen molar-refractivity contribution >= 4 is 29.5 Å². The maximum absolute atomic E-state index is 12.7. The lowest BCUT2D eigenvalue weighted by Gasteiger charge is -2.23. The second-order valence-corrected chi connectivity index (χ2v) is 7.11. The number of aliphatic imine (C=N–C) groups is 1. The highest BCUT2D eigenvalue weighted by Gasteiger charge is 2.25. The lowest BCUT2D eigenvalue weighted by Crippen LogP contribution is -2.41. The highest BCUT2D eigenvalue weighted by molar-refractivity contribution is 5.88. The van der Waals surface area contributed by atoms with Gasteiger partial charge in [0.1, 0.15) is 23.6 Å². The fraction of sp³-hybridized carbons (Fsp3) is 0.217. The summed E-state index contributed by atoms with van der Waals surface area (Å²) in [4.78, 5) is 32.2. The van der Waals surface area contributed by atoms with Crippen LogP contribution in [0.1, 0.15) is 22.8 Å². The van der Waals surface area contributed by atoms with Gasteiger partial charge in [-0.3, -0.25) is 9.79 Å². The average Bonchev–Trinajstić information content (AvgIpc) is 3.18. The summed E-state index contributed by atoms with van der Waals surface area (Å²) in [6.07, 6.45) is 2.14. The number of nitrogens with one attached hydrogen (secondary N) is 1. The number of aromatic amines is 1. The third kappa shape index (κ3) is 4.73. The quantitative estimate of drug-likeness (QED) is 0.541. The monoisotopic (exact) mass is 418 g/mol. The molecule has 2 N–H and O–H groups in total. The smallest absolute Gasteiger partial charge is 0.335 e. The van der Waals surface area contributed by atoms with Crippen molar-refractivity contribution in [2.75, 3.05) is 7.05 Å². The van der Waals surface area contributed by atoms with Crippen LogP contribution in [0.5, 0.6) is 11.5 Å². The molecule has 2 aromatic carbocycles. The van der Waals surface area contributed by atoms with Gasteiger partial charge in [-0.05, 0) is 61.7 Å². The molecule has 1 amide bonds. The van der Waals surface area contributed by atoms with Gasteiger partial charge < -0.3 is 19.7 Å². The van der Waals surface area contributed by atoms with Gasteiger partial charge in [0.15, 0.2) is 0 Å². The summed E-state index contributed by atoms with van der Waals surface area (Å²) in [6, 6.07) is 12.4. The van der Waals surface area contributed by atoms with Gasteiger partial charge in [-0.25, -0.2) is 4.79 Å². The van der Waals surface area contributed by atoms with E-state index < -0.39 is 18.1 Å². The summed E-state index contributed by atoms with van der Waals surface area (Å²) in [5.74, 6) is -0.195. The number of hydrogen-bond donors (Lipinski definition) is 2. The maximum atomic E-state index is 12.7. The van der Waals surface area contributed by atoms with Gasteiger partial charge in [0.2, 0.25) is 5.91 Å². The Morgan fingerprint density at radius 2 is 1.94 bits per heavy atom. The van der Waals surface area contributed by atoms with E-state index in [0.29, 0.717) is 17.9 Å². The van der Waals surface area contributed by atoms with E-state index in [0.717, 1.165) is 16.5 Å². The fourth-order valence-electron chi connectivity index (χ4n) is 3.14. The van der Waals surface area contributed by atoms with Crippen molar-refractivity contribution in [3.63, 3.8) is 0 Å². The van der Waals surface area contributed by atoms with Crippen LogP contribution in [-0.4, -0.2) is 52.7 Å². The largest absolute Gasteiger partial charge is 0.478 e. The Hall–Kier alpha value is -4.12. The number of fused-ring (bicyclic) bond motifs is 1. The number of ether oxygens (including phenoxy) is 1. The number of rotatable bonds is 8. The van der Waals surface area contributed by atoms with Gasteiger partial charge in [0.25, 0.3) is 0 Å². The molecule has 3 aromatic rings. The average molecular weight is 418 g/mol. The summed E-state index contributed by atoms with van der Waals surface area (Å²) < 4.78 is 5.85. The molecule has 8 heteroatoms. The third-order valence-corrected chi connectivity index (χ3v) is 5.11. The van der Waals surface area contributed by atoms with Gasteiger partial charge in [0.05, 0.1) is 11.6 Å². The Balaban J connectivity index is 1.82. The van der Waals surface area contributed by atoms with E-state index in [2.05, 4.69) is 16.7 Å². The lowest BCUT2D eigenvalue weighted by atomic mass is 10.0. The summed E-state index contributed by atoms with van der Waals surface area (Å²) >= 11 is 0. The van der Waals surface area contributed by atoms with E-state index >= 15 is 0 Å². The molecule has 0 saturated heterocycles. The van der Waals surface area contributed by atoms with Gasteiger partial charge >= 0.3 is 5.97 Å². The predicted molar refractivity (Wildman–Crippen MR) is 117 cm³/mol. The Morgan fingerprint density at radius 1 is 1.26 bits per heavy atom. The van der Waals surface area contributed by atoms with Crippen LogP contribution < -0.4 is 4.74 Å². The molecule has 3 rings (SSSR count). The molecule has 0 spiro atoms. The standard InChI is InChI=1S/C23H22N4O4/c1-14(12-24)27(3)22(28)21(25-2)10-16-13-26-20-9-8-18(11-19(16)20)31-17-6-4-15(5-7-17)23(29)30/h4-9,11,13-14,21,26H,2,10H2,1,3H3,(H,29,30). The van der Waals surface area contributed by atoms with Crippen molar-refractivity contribution in [1.29, 1.82) is 5.26 Å². The van der Waals surface area contributed by atoms with Gasteiger partial charge in [-0.15, -0.1) is 0 Å². The number of carbonyl (C=O) groups is 2. The first kappa shape index (κ1) is 21.6. The highest BCUT2D eigenvalue weighted by atomic mass is 16.5. The number of likely N-dealkylation sites (N-methyl/N-ethyl adjacent to an activating group) is 1. The molecule has 0 aliphatic heterocycles. The number of carboxylic acids is 1. The molecular formula is C23H22N4O4. The van der Waals surface area contributed by atoms with E-state index in [9.17, 15) is 9.59 Å². The second-order valence-electron chi connectivity index (χ2n) is 7.11. The molecular weight excluding hydrogens is 396 g/mol. The topological polar surface area (TPSA) is 119 Å². The Labute approximate surface area is 179 Å². The molecule has 158 valence electrons. The van der Waals surface area contributed by atoms with Crippen LogP contribution in [0.4, 0.5) is 0 Å². The minimum atomic E-state index is -1.00. The second kappa shape index (κ2) is 9.13. The van der Waals surface area contributed by atoms with Crippen LogP contribution in [0.15, 0.2) is 53.7 Å². The van der Waals surface area contributed by atoms with E-state index in [1.54, 1.807) is 32.2 Å². The van der Waals surface area contributed by atoms with Gasteiger partial charge in [-0.2, -0.15) is 5.26 Å². The van der Waals surface area contributed by atoms with E-state index in [1.165, 1.54) is 17.0 Å². The number of benzene rings is 2. The lowest BCUT2D eigenvalue weighted by molar-refractivity contribution is -0.132. The summed E-state index contributed by atoms with van der Waals surface area (Å²) in [5.41, 5.74) is 1.92. The predicted octanol–water partition coefficient (Wildman–Crippen LogP) is 3.64. The number of aromatic carboxylic acids is 1. The minimum absolute atomic E-state index is 0.180. The molecule has 0 fully saturated rings. The number of amides is 1. The fourth-order valence-corrected chi connectivity index (χ4v) is 3.14. The molecule has 0 aliphatic rings. The van der Waals surface area contributed by atoms with E-state index in [-0.39, 0.29) is 11.5 Å². The number of carboxylic acid groups (broad SMARTS) is 1.